The van der Waals surface area contributed by atoms with Crippen LogP contribution in [0.1, 0.15) is 18.8 Å². The van der Waals surface area contributed by atoms with Crippen molar-refractivity contribution < 1.29 is 13.2 Å². The zero-order valence-electron chi connectivity index (χ0n) is 21.3. The lowest BCUT2D eigenvalue weighted by atomic mass is 10.1. The van der Waals surface area contributed by atoms with Gasteiger partial charge in [0.15, 0.2) is 0 Å². The second-order valence-electron chi connectivity index (χ2n) is 9.58. The minimum absolute atomic E-state index is 0.0439. The third kappa shape index (κ3) is 4.78. The summed E-state index contributed by atoms with van der Waals surface area (Å²) in [6.45, 7) is 7.11. The number of para-hydroxylation sites is 1. The number of nitrogens with zero attached hydrogens (tertiary/aromatic N) is 7. The lowest BCUT2D eigenvalue weighted by molar-refractivity contribution is 0.122. The maximum atomic E-state index is 13.3. The molecule has 0 saturated carbocycles. The van der Waals surface area contributed by atoms with Gasteiger partial charge in [-0.25, -0.2) is 23.1 Å². The first-order chi connectivity index (χ1) is 18.5. The molecule has 2 aliphatic rings. The van der Waals surface area contributed by atoms with Gasteiger partial charge in [0, 0.05) is 57.0 Å². The van der Waals surface area contributed by atoms with E-state index in [-0.39, 0.29) is 6.04 Å². The van der Waals surface area contributed by atoms with Crippen LogP contribution < -0.4 is 4.90 Å². The molecule has 0 unspecified atom stereocenters. The Hall–Kier alpha value is -3.38. The number of morpholine rings is 1. The van der Waals surface area contributed by atoms with Crippen LogP contribution in [-0.2, 0) is 14.8 Å². The first-order valence-electron chi connectivity index (χ1n) is 12.9. The predicted molar refractivity (Wildman–Crippen MR) is 145 cm³/mol. The summed E-state index contributed by atoms with van der Waals surface area (Å²) < 4.78 is 35.5. The van der Waals surface area contributed by atoms with Gasteiger partial charge in [0.2, 0.25) is 10.0 Å². The van der Waals surface area contributed by atoms with Gasteiger partial charge in [0.1, 0.15) is 11.6 Å². The Balaban J connectivity index is 1.17. The van der Waals surface area contributed by atoms with Crippen molar-refractivity contribution in [3.05, 3.63) is 72.8 Å². The fourth-order valence-corrected chi connectivity index (χ4v) is 6.54. The normalized spacial score (nSPS) is 18.6. The Morgan fingerprint density at radius 3 is 2.32 bits per heavy atom. The van der Waals surface area contributed by atoms with Crippen molar-refractivity contribution in [2.24, 2.45) is 0 Å². The van der Waals surface area contributed by atoms with E-state index in [2.05, 4.69) is 27.9 Å². The average molecular weight is 534 g/mol. The van der Waals surface area contributed by atoms with E-state index >= 15 is 0 Å². The Morgan fingerprint density at radius 1 is 0.868 bits per heavy atom. The maximum absolute atomic E-state index is 13.3. The highest BCUT2D eigenvalue weighted by Crippen LogP contribution is 2.29. The first-order valence-corrected chi connectivity index (χ1v) is 14.4. The van der Waals surface area contributed by atoms with Gasteiger partial charge in [0.05, 0.1) is 35.4 Å². The average Bonchev–Trinajstić information content (AvgIpc) is 3.52. The van der Waals surface area contributed by atoms with Crippen LogP contribution in [0.4, 0.5) is 5.82 Å². The van der Waals surface area contributed by atoms with Gasteiger partial charge >= 0.3 is 0 Å². The third-order valence-corrected chi connectivity index (χ3v) is 9.26. The largest absolute Gasteiger partial charge is 0.378 e. The van der Waals surface area contributed by atoms with Crippen molar-refractivity contribution in [2.75, 3.05) is 57.4 Å². The lowest BCUT2D eigenvalue weighted by Gasteiger charge is -2.37. The molecule has 2 aromatic carbocycles. The van der Waals surface area contributed by atoms with E-state index in [1.807, 2.05) is 30.5 Å². The Bertz CT molecular complexity index is 1500. The number of sulfonamides is 1. The van der Waals surface area contributed by atoms with E-state index in [1.165, 1.54) is 0 Å². The van der Waals surface area contributed by atoms with Crippen molar-refractivity contribution >= 4 is 26.7 Å². The van der Waals surface area contributed by atoms with E-state index in [9.17, 15) is 8.42 Å². The van der Waals surface area contributed by atoms with Gasteiger partial charge in [-0.2, -0.15) is 9.40 Å². The highest BCUT2D eigenvalue weighted by Gasteiger charge is 2.31. The van der Waals surface area contributed by atoms with Gasteiger partial charge in [-0.15, -0.1) is 0 Å². The summed E-state index contributed by atoms with van der Waals surface area (Å²) >= 11 is 0. The van der Waals surface area contributed by atoms with Crippen molar-refractivity contribution in [3.63, 3.8) is 0 Å². The molecule has 2 aliphatic heterocycles. The molecular weight excluding hydrogens is 502 g/mol. The molecule has 0 radical (unpaired) electrons. The SMILES string of the molecule is C[C@@H](c1nc(N2CCOCC2)c2ccccc2n1)N1CCN(S(=O)(=O)c2ccc(-n3cccn3)cc2)CC1. The number of benzene rings is 2. The number of rotatable bonds is 6. The molecule has 0 spiro atoms. The summed E-state index contributed by atoms with van der Waals surface area (Å²) in [5.74, 6) is 1.70. The highest BCUT2D eigenvalue weighted by molar-refractivity contribution is 7.89. The van der Waals surface area contributed by atoms with Crippen LogP contribution in [-0.4, -0.2) is 89.9 Å². The number of piperazine rings is 1. The van der Waals surface area contributed by atoms with Crippen molar-refractivity contribution in [1.29, 1.82) is 0 Å². The monoisotopic (exact) mass is 533 g/mol. The van der Waals surface area contributed by atoms with Crippen LogP contribution in [0.25, 0.3) is 16.6 Å². The zero-order chi connectivity index (χ0) is 26.1. The summed E-state index contributed by atoms with van der Waals surface area (Å²) in [5, 5.41) is 5.24. The topological polar surface area (TPSA) is 96.7 Å². The van der Waals surface area contributed by atoms with Gasteiger partial charge in [0.25, 0.3) is 0 Å². The Kier molecular flexibility index (Phi) is 6.83. The van der Waals surface area contributed by atoms with E-state index < -0.39 is 10.0 Å². The lowest BCUT2D eigenvalue weighted by Crippen LogP contribution is -2.49. The molecule has 0 aliphatic carbocycles. The Labute approximate surface area is 222 Å². The maximum Gasteiger partial charge on any atom is 0.243 e. The molecule has 4 aromatic rings. The quantitative estimate of drug-likeness (QED) is 0.373. The van der Waals surface area contributed by atoms with Crippen LogP contribution in [0, 0.1) is 0 Å². The molecular formula is C27H31N7O3S. The molecule has 38 heavy (non-hydrogen) atoms. The second-order valence-corrected chi connectivity index (χ2v) is 11.5. The number of fused-ring (bicyclic) bond motifs is 1. The summed E-state index contributed by atoms with van der Waals surface area (Å²) in [6.07, 6.45) is 3.52. The summed E-state index contributed by atoms with van der Waals surface area (Å²) in [6, 6.07) is 16.8. The molecule has 0 amide bonds. The molecule has 6 rings (SSSR count). The molecule has 2 aromatic heterocycles. The van der Waals surface area contributed by atoms with Gasteiger partial charge in [-0.1, -0.05) is 12.1 Å². The molecule has 0 N–H and O–H groups in total. The number of hydrogen-bond donors (Lipinski definition) is 0. The molecule has 4 heterocycles. The molecule has 198 valence electrons. The summed E-state index contributed by atoms with van der Waals surface area (Å²) in [4.78, 5) is 14.8. The van der Waals surface area contributed by atoms with Crippen LogP contribution >= 0.6 is 0 Å². The zero-order valence-corrected chi connectivity index (χ0v) is 22.2. The molecule has 10 nitrogen and oxygen atoms in total. The fourth-order valence-electron chi connectivity index (χ4n) is 5.12. The fraction of sp³-hybridized carbons (Fsp3) is 0.370. The number of ether oxygens (including phenoxy) is 1. The summed E-state index contributed by atoms with van der Waals surface area (Å²) in [5.41, 5.74) is 1.74. The van der Waals surface area contributed by atoms with Gasteiger partial charge in [-0.05, 0) is 49.4 Å². The highest BCUT2D eigenvalue weighted by atomic mass is 32.2. The molecule has 1 atom stereocenters. The molecule has 2 saturated heterocycles. The first kappa shape index (κ1) is 24.9. The van der Waals surface area contributed by atoms with E-state index in [0.717, 1.165) is 41.3 Å². The minimum atomic E-state index is -3.58. The summed E-state index contributed by atoms with van der Waals surface area (Å²) in [7, 11) is -3.58. The Morgan fingerprint density at radius 2 is 1.61 bits per heavy atom. The molecule has 0 bridgehead atoms. The van der Waals surface area contributed by atoms with Crippen LogP contribution in [0.3, 0.4) is 0 Å². The minimum Gasteiger partial charge on any atom is -0.378 e. The van der Waals surface area contributed by atoms with Crippen LogP contribution in [0.15, 0.2) is 71.9 Å². The number of aromatic nitrogens is 4. The van der Waals surface area contributed by atoms with Gasteiger partial charge in [-0.3, -0.25) is 4.90 Å². The van der Waals surface area contributed by atoms with Gasteiger partial charge < -0.3 is 9.64 Å². The van der Waals surface area contributed by atoms with Crippen molar-refractivity contribution in [2.45, 2.75) is 17.9 Å². The van der Waals surface area contributed by atoms with E-state index in [0.29, 0.717) is 44.3 Å². The molecule has 11 heteroatoms. The van der Waals surface area contributed by atoms with Crippen molar-refractivity contribution in [3.8, 4) is 5.69 Å². The third-order valence-electron chi connectivity index (χ3n) is 7.35. The molecule has 2 fully saturated rings. The van der Waals surface area contributed by atoms with E-state index in [4.69, 9.17) is 14.7 Å². The smallest absolute Gasteiger partial charge is 0.243 e. The van der Waals surface area contributed by atoms with Crippen molar-refractivity contribution in [1.82, 2.24) is 29.0 Å². The van der Waals surface area contributed by atoms with Crippen LogP contribution in [0.5, 0.6) is 0 Å². The number of anilines is 1. The number of hydrogen-bond acceptors (Lipinski definition) is 8. The van der Waals surface area contributed by atoms with E-state index in [1.54, 1.807) is 39.4 Å². The van der Waals surface area contributed by atoms with Crippen LogP contribution in [0.2, 0.25) is 0 Å². The second kappa shape index (κ2) is 10.4. The standard InChI is InChI=1S/C27H31N7O3S/c1-21(26-29-25-6-3-2-5-24(25)27(30-26)32-17-19-37-20-18-32)31-13-15-33(16-14-31)38(35,36)23-9-7-22(8-10-23)34-12-4-11-28-34/h2-12,21H,13-20H2,1H3/t21-/m0/s1. The predicted octanol–water partition coefficient (Wildman–Crippen LogP) is 2.72.